The van der Waals surface area contributed by atoms with E-state index < -0.39 is 0 Å². The first-order valence-electron chi connectivity index (χ1n) is 12.6. The molecule has 0 saturated carbocycles. The first-order chi connectivity index (χ1) is 17.8. The van der Waals surface area contributed by atoms with E-state index >= 15 is 0 Å². The predicted molar refractivity (Wildman–Crippen MR) is 142 cm³/mol. The number of anilines is 1. The Bertz CT molecular complexity index is 1410. The third-order valence-electron chi connectivity index (χ3n) is 6.81. The highest BCUT2D eigenvalue weighted by molar-refractivity contribution is 5.95. The van der Waals surface area contributed by atoms with Gasteiger partial charge < -0.3 is 9.80 Å². The van der Waals surface area contributed by atoms with Gasteiger partial charge in [0, 0.05) is 62.3 Å². The summed E-state index contributed by atoms with van der Waals surface area (Å²) in [7, 11) is 2.15. The number of aryl methyl sites for hydroxylation is 2. The molecule has 1 fully saturated rings. The Morgan fingerprint density at radius 3 is 2.54 bits per heavy atom. The van der Waals surface area contributed by atoms with Crippen LogP contribution < -0.4 is 4.90 Å². The summed E-state index contributed by atoms with van der Waals surface area (Å²) in [4.78, 5) is 26.6. The molecule has 0 unspecified atom stereocenters. The zero-order chi connectivity index (χ0) is 26.1. The van der Waals surface area contributed by atoms with Crippen LogP contribution in [-0.2, 0) is 6.42 Å². The van der Waals surface area contributed by atoms with Crippen LogP contribution in [0.25, 0.3) is 16.9 Å². The summed E-state index contributed by atoms with van der Waals surface area (Å²) >= 11 is 0. The van der Waals surface area contributed by atoms with E-state index in [0.717, 1.165) is 65.8 Å². The number of ketones is 1. The molecular weight excluding hydrogens is 466 g/mol. The number of hydrogen-bond acceptors (Lipinski definition) is 8. The van der Waals surface area contributed by atoms with Gasteiger partial charge in [0.2, 0.25) is 0 Å². The summed E-state index contributed by atoms with van der Waals surface area (Å²) in [5.74, 6) is -0.0369. The molecule has 0 radical (unpaired) electrons. The molecule has 1 aliphatic rings. The van der Waals surface area contributed by atoms with E-state index in [4.69, 9.17) is 0 Å². The number of carbonyl (C=O) groups excluding carboxylic acids is 1. The average Bonchev–Trinajstić information content (AvgIpc) is 3.53. The number of pyridine rings is 2. The maximum atomic E-state index is 13.0. The van der Waals surface area contributed by atoms with E-state index in [2.05, 4.69) is 62.1 Å². The monoisotopic (exact) mass is 499 g/mol. The Morgan fingerprint density at radius 1 is 1.03 bits per heavy atom. The van der Waals surface area contributed by atoms with Crippen LogP contribution in [0.1, 0.15) is 47.3 Å². The Hall–Kier alpha value is -3.92. The summed E-state index contributed by atoms with van der Waals surface area (Å²) < 4.78 is 3.59. The van der Waals surface area contributed by atoms with Crippen molar-refractivity contribution in [2.24, 2.45) is 0 Å². The van der Waals surface area contributed by atoms with Crippen molar-refractivity contribution in [2.45, 2.75) is 40.2 Å². The van der Waals surface area contributed by atoms with E-state index in [1.165, 1.54) is 0 Å². The van der Waals surface area contributed by atoms with Crippen molar-refractivity contribution in [1.82, 2.24) is 39.6 Å². The summed E-state index contributed by atoms with van der Waals surface area (Å²) in [6, 6.07) is 6.11. The molecule has 5 heterocycles. The number of nitrogens with zero attached hydrogens (tertiary/aromatic N) is 9. The lowest BCUT2D eigenvalue weighted by Crippen LogP contribution is -2.44. The smallest absolute Gasteiger partial charge is 0.187 e. The van der Waals surface area contributed by atoms with Crippen LogP contribution >= 0.6 is 0 Å². The Labute approximate surface area is 216 Å². The Morgan fingerprint density at radius 2 is 1.81 bits per heavy atom. The lowest BCUT2D eigenvalue weighted by atomic mass is 10.1. The Kier molecular flexibility index (Phi) is 6.84. The largest absolute Gasteiger partial charge is 0.368 e. The van der Waals surface area contributed by atoms with Gasteiger partial charge in [0.05, 0.1) is 29.5 Å². The maximum Gasteiger partial charge on any atom is 0.187 e. The number of Topliss-reactive ketones (excluding diaryl/α,β-unsaturated/α-hetero) is 1. The van der Waals surface area contributed by atoms with E-state index in [0.29, 0.717) is 5.69 Å². The SMILES string of the molecule is Cc1ncc(CC(=O)c2cc(C)n(C(C)C)n2)cc1-n1cc(-c2cncc(N3CCN(C)CC3)c2)nn1. The lowest BCUT2D eigenvalue weighted by Gasteiger charge is -2.33. The fourth-order valence-corrected chi connectivity index (χ4v) is 4.63. The highest BCUT2D eigenvalue weighted by Crippen LogP contribution is 2.24. The van der Waals surface area contributed by atoms with Crippen molar-refractivity contribution in [3.63, 3.8) is 0 Å². The molecule has 5 rings (SSSR count). The van der Waals surface area contributed by atoms with Crippen LogP contribution in [-0.4, -0.2) is 78.7 Å². The van der Waals surface area contributed by atoms with E-state index in [1.54, 1.807) is 10.9 Å². The number of carbonyl (C=O) groups is 1. The van der Waals surface area contributed by atoms with Gasteiger partial charge in [0.25, 0.3) is 0 Å². The fraction of sp³-hybridized carbons (Fsp3) is 0.407. The highest BCUT2D eigenvalue weighted by atomic mass is 16.1. The molecule has 10 nitrogen and oxygen atoms in total. The zero-order valence-corrected chi connectivity index (χ0v) is 22.1. The molecule has 192 valence electrons. The molecule has 4 aromatic rings. The quantitative estimate of drug-likeness (QED) is 0.357. The van der Waals surface area contributed by atoms with Crippen molar-refractivity contribution in [3.05, 3.63) is 65.6 Å². The molecule has 0 atom stereocenters. The van der Waals surface area contributed by atoms with Gasteiger partial charge >= 0.3 is 0 Å². The molecule has 10 heteroatoms. The third kappa shape index (κ3) is 5.29. The van der Waals surface area contributed by atoms with Crippen molar-refractivity contribution in [2.75, 3.05) is 38.1 Å². The van der Waals surface area contributed by atoms with Gasteiger partial charge in [-0.05, 0) is 58.5 Å². The molecule has 0 aliphatic carbocycles. The molecule has 0 aromatic carbocycles. The van der Waals surface area contributed by atoms with Crippen molar-refractivity contribution in [1.29, 1.82) is 0 Å². The minimum atomic E-state index is -0.0369. The average molecular weight is 500 g/mol. The normalized spacial score (nSPS) is 14.5. The van der Waals surface area contributed by atoms with E-state index in [1.807, 2.05) is 49.3 Å². The van der Waals surface area contributed by atoms with Crippen LogP contribution in [0.15, 0.2) is 43.0 Å². The molecule has 0 amide bonds. The first kappa shape index (κ1) is 24.8. The number of hydrogen-bond donors (Lipinski definition) is 0. The van der Waals surface area contributed by atoms with Gasteiger partial charge in [0.1, 0.15) is 11.4 Å². The van der Waals surface area contributed by atoms with Crippen LogP contribution in [0.5, 0.6) is 0 Å². The van der Waals surface area contributed by atoms with E-state index in [-0.39, 0.29) is 18.2 Å². The van der Waals surface area contributed by atoms with Gasteiger partial charge in [-0.1, -0.05) is 5.21 Å². The van der Waals surface area contributed by atoms with Gasteiger partial charge in [-0.25, -0.2) is 4.68 Å². The molecule has 37 heavy (non-hydrogen) atoms. The van der Waals surface area contributed by atoms with Gasteiger partial charge in [-0.2, -0.15) is 5.10 Å². The minimum Gasteiger partial charge on any atom is -0.368 e. The minimum absolute atomic E-state index is 0.0369. The molecule has 0 N–H and O–H groups in total. The van der Waals surface area contributed by atoms with Gasteiger partial charge in [0.15, 0.2) is 5.78 Å². The maximum absolute atomic E-state index is 13.0. The zero-order valence-electron chi connectivity index (χ0n) is 22.1. The molecule has 1 aliphatic heterocycles. The molecular formula is C27H33N9O. The number of aromatic nitrogens is 7. The molecule has 0 spiro atoms. The second-order valence-corrected chi connectivity index (χ2v) is 10.0. The van der Waals surface area contributed by atoms with Crippen LogP contribution in [0.4, 0.5) is 5.69 Å². The van der Waals surface area contributed by atoms with Crippen molar-refractivity contribution >= 4 is 11.5 Å². The molecule has 4 aromatic heterocycles. The summed E-state index contributed by atoms with van der Waals surface area (Å²) in [5, 5.41) is 13.3. The lowest BCUT2D eigenvalue weighted by molar-refractivity contribution is 0.0987. The van der Waals surface area contributed by atoms with Crippen LogP contribution in [0, 0.1) is 13.8 Å². The van der Waals surface area contributed by atoms with Crippen LogP contribution in [0.3, 0.4) is 0 Å². The van der Waals surface area contributed by atoms with Crippen LogP contribution in [0.2, 0.25) is 0 Å². The van der Waals surface area contributed by atoms with Gasteiger partial charge in [-0.15, -0.1) is 5.10 Å². The highest BCUT2D eigenvalue weighted by Gasteiger charge is 2.18. The van der Waals surface area contributed by atoms with E-state index in [9.17, 15) is 4.79 Å². The summed E-state index contributed by atoms with van der Waals surface area (Å²) in [6.45, 7) is 12.0. The number of likely N-dealkylation sites (N-methyl/N-ethyl adjacent to an activating group) is 1. The summed E-state index contributed by atoms with van der Waals surface area (Å²) in [5.41, 5.74) is 6.58. The molecule has 1 saturated heterocycles. The van der Waals surface area contributed by atoms with Crippen molar-refractivity contribution < 1.29 is 4.79 Å². The Balaban J connectivity index is 1.35. The second-order valence-electron chi connectivity index (χ2n) is 10.0. The fourth-order valence-electron chi connectivity index (χ4n) is 4.63. The third-order valence-corrected chi connectivity index (χ3v) is 6.81. The standard InChI is InChI=1S/C27H33N9O/c1-18(2)36-19(3)10-24(31-36)27(37)12-21-11-26(20(4)29-14-21)35-17-25(30-32-35)22-13-23(16-28-15-22)34-8-6-33(5)7-9-34/h10-11,13-18H,6-9,12H2,1-5H3. The predicted octanol–water partition coefficient (Wildman–Crippen LogP) is 3.30. The van der Waals surface area contributed by atoms with Crippen molar-refractivity contribution in [3.8, 4) is 16.9 Å². The first-order valence-corrected chi connectivity index (χ1v) is 12.6. The topological polar surface area (TPSA) is 97.9 Å². The summed E-state index contributed by atoms with van der Waals surface area (Å²) in [6.07, 6.45) is 7.55. The second kappa shape index (κ2) is 10.2. The molecule has 0 bridgehead atoms. The number of piperazine rings is 1. The number of rotatable bonds is 7. The van der Waals surface area contributed by atoms with Gasteiger partial charge in [-0.3, -0.25) is 19.4 Å².